The molecule has 0 aliphatic heterocycles. The van der Waals surface area contributed by atoms with Gasteiger partial charge in [0.15, 0.2) is 17.7 Å². The zero-order chi connectivity index (χ0) is 39.5. The third kappa shape index (κ3) is 10.5. The van der Waals surface area contributed by atoms with E-state index in [1.165, 1.54) is 18.0 Å². The lowest BCUT2D eigenvalue weighted by molar-refractivity contribution is 0.111. The minimum Gasteiger partial charge on any atom is -0.372 e. The number of anilines is 6. The summed E-state index contributed by atoms with van der Waals surface area (Å²) in [5.74, 6) is 1.07. The van der Waals surface area contributed by atoms with Gasteiger partial charge in [-0.2, -0.15) is 23.4 Å². The predicted molar refractivity (Wildman–Crippen MR) is 216 cm³/mol. The molecule has 0 atom stereocenters. The van der Waals surface area contributed by atoms with E-state index in [2.05, 4.69) is 74.7 Å². The summed E-state index contributed by atoms with van der Waals surface area (Å²) in [6.45, 7) is 13.2. The first-order chi connectivity index (χ1) is 26.5. The van der Waals surface area contributed by atoms with Gasteiger partial charge in [0.25, 0.3) is 0 Å². The Morgan fingerprint density at radius 1 is 0.745 bits per heavy atom. The molecule has 5 aromatic rings. The second-order valence-electron chi connectivity index (χ2n) is 11.0. The van der Waals surface area contributed by atoms with Gasteiger partial charge in [-0.05, 0) is 69.8 Å². The van der Waals surface area contributed by atoms with E-state index in [1.807, 2.05) is 51.1 Å². The monoisotopic (exact) mass is 823 g/mol. The van der Waals surface area contributed by atoms with E-state index in [1.54, 1.807) is 6.07 Å². The van der Waals surface area contributed by atoms with Gasteiger partial charge in [-0.15, -0.1) is 20.5 Å². The number of carbonyl (C=O) groups is 2. The van der Waals surface area contributed by atoms with Crippen LogP contribution in [0.2, 0.25) is 0 Å². The first-order valence-corrected chi connectivity index (χ1v) is 21.0. The maximum atomic E-state index is 11.7. The molecule has 22 heteroatoms. The Balaban J connectivity index is 1.55. The maximum Gasteiger partial charge on any atom is 0.313 e. The van der Waals surface area contributed by atoms with E-state index >= 15 is 0 Å². The molecule has 18 nitrogen and oxygen atoms in total. The van der Waals surface area contributed by atoms with Crippen LogP contribution >= 0.6 is 34.4 Å². The molecule has 0 bridgehead atoms. The molecule has 3 heterocycles. The number of hydrogen-bond acceptors (Lipinski definition) is 20. The molecule has 3 N–H and O–H groups in total. The van der Waals surface area contributed by atoms with Crippen LogP contribution in [0.3, 0.4) is 0 Å². The molecule has 0 spiro atoms. The molecular weight excluding hydrogens is 787 g/mol. The molecular formula is C33H37N13O5S4. The van der Waals surface area contributed by atoms with Gasteiger partial charge in [-0.1, -0.05) is 41.4 Å². The number of rotatable bonds is 19. The van der Waals surface area contributed by atoms with Crippen LogP contribution in [0.5, 0.6) is 0 Å². The van der Waals surface area contributed by atoms with E-state index in [4.69, 9.17) is 4.98 Å². The van der Waals surface area contributed by atoms with Gasteiger partial charge in [-0.25, -0.2) is 9.97 Å². The van der Waals surface area contributed by atoms with E-state index < -0.39 is 15.1 Å². The van der Waals surface area contributed by atoms with Crippen molar-refractivity contribution in [3.63, 3.8) is 0 Å². The van der Waals surface area contributed by atoms with Crippen molar-refractivity contribution in [2.24, 2.45) is 20.5 Å². The highest BCUT2D eigenvalue weighted by Gasteiger charge is 2.22. The zero-order valence-electron chi connectivity index (χ0n) is 30.4. The standard InChI is InChI=1S/C33H37N13O5S4/c1-6-45(7-2)20-11-13-23(41-43-31-34-17-22(18-47)53-31)25(15-20)35-29-38-30(40-32(39-29)52-10-5)36-26-16-21(46(8-3)9-4)12-14-24(26)42-44-33-37-28(55(49,50)51)27(19-48)54-33/h11-19H,6-10H2,1-5H3,(H,49,50,51)(H2,35,36,38,39,40)/b43-41+,44-42+. The molecule has 0 saturated heterocycles. The summed E-state index contributed by atoms with van der Waals surface area (Å²) in [7, 11) is -4.75. The summed E-state index contributed by atoms with van der Waals surface area (Å²) < 4.78 is 33.0. The lowest BCUT2D eigenvalue weighted by Crippen LogP contribution is -2.21. The number of hydrogen-bond donors (Lipinski definition) is 3. The number of azo groups is 2. The van der Waals surface area contributed by atoms with Gasteiger partial charge in [0, 0.05) is 37.6 Å². The van der Waals surface area contributed by atoms with Crippen LogP contribution in [0.1, 0.15) is 54.0 Å². The minimum atomic E-state index is -4.75. The van der Waals surface area contributed by atoms with Crippen molar-refractivity contribution in [3.8, 4) is 0 Å². The summed E-state index contributed by atoms with van der Waals surface area (Å²) in [6.07, 6.45) is 2.43. The van der Waals surface area contributed by atoms with Crippen LogP contribution in [0.25, 0.3) is 0 Å². The van der Waals surface area contributed by atoms with Gasteiger partial charge >= 0.3 is 10.1 Å². The van der Waals surface area contributed by atoms with Gasteiger partial charge in [0.2, 0.25) is 27.2 Å². The number of aldehydes is 2. The number of carbonyl (C=O) groups excluding carboxylic acids is 2. The summed E-state index contributed by atoms with van der Waals surface area (Å²) in [5.41, 5.74) is 3.62. The fourth-order valence-corrected chi connectivity index (χ4v) is 7.79. The maximum absolute atomic E-state index is 11.7. The number of nitrogens with zero attached hydrogens (tertiary/aromatic N) is 11. The SMILES string of the molecule is CCSc1nc(Nc2cc(N(CC)CC)ccc2/N=N/c2ncc(C=O)s2)nc(Nc2cc(N(CC)CC)ccc2/N=N/c2nc(S(=O)(=O)O)c(C=O)s2)n1. The van der Waals surface area contributed by atoms with Crippen molar-refractivity contribution in [2.75, 3.05) is 52.4 Å². The quantitative estimate of drug-likeness (QED) is 0.0305. The number of benzene rings is 2. The molecule has 55 heavy (non-hydrogen) atoms. The molecule has 0 unspecified atom stereocenters. The fraction of sp³-hybridized carbons (Fsp3) is 0.303. The van der Waals surface area contributed by atoms with Crippen molar-refractivity contribution in [1.82, 2.24) is 24.9 Å². The Labute approximate surface area is 329 Å². The van der Waals surface area contributed by atoms with Crippen LogP contribution in [0.4, 0.5) is 56.3 Å². The molecule has 0 fully saturated rings. The van der Waals surface area contributed by atoms with E-state index in [-0.39, 0.29) is 28.2 Å². The third-order valence-corrected chi connectivity index (χ3v) is 11.0. The second kappa shape index (κ2) is 18.8. The third-order valence-electron chi connectivity index (χ3n) is 7.67. The summed E-state index contributed by atoms with van der Waals surface area (Å²) in [5, 5.41) is 23.4. The van der Waals surface area contributed by atoms with Crippen LogP contribution in [0.15, 0.2) is 73.2 Å². The molecule has 0 aliphatic carbocycles. The Hall–Kier alpha value is -5.29. The molecule has 5 rings (SSSR count). The van der Waals surface area contributed by atoms with Crippen molar-refractivity contribution >= 4 is 113 Å². The highest BCUT2D eigenvalue weighted by molar-refractivity contribution is 7.99. The Morgan fingerprint density at radius 2 is 1.29 bits per heavy atom. The van der Waals surface area contributed by atoms with E-state index in [0.29, 0.717) is 61.3 Å². The molecule has 3 aromatic heterocycles. The highest BCUT2D eigenvalue weighted by Crippen LogP contribution is 2.37. The molecule has 0 saturated carbocycles. The van der Waals surface area contributed by atoms with Crippen LogP contribution in [-0.2, 0) is 10.1 Å². The first-order valence-electron chi connectivity index (χ1n) is 16.9. The van der Waals surface area contributed by atoms with Gasteiger partial charge in [-0.3, -0.25) is 14.1 Å². The summed E-state index contributed by atoms with van der Waals surface area (Å²) >= 11 is 3.19. The predicted octanol–water partition coefficient (Wildman–Crippen LogP) is 8.78. The van der Waals surface area contributed by atoms with Gasteiger partial charge in [0.05, 0.1) is 22.4 Å². The van der Waals surface area contributed by atoms with Crippen LogP contribution in [0, 0.1) is 0 Å². The second-order valence-corrected chi connectivity index (χ2v) is 15.6. The Morgan fingerprint density at radius 3 is 1.73 bits per heavy atom. The minimum absolute atomic E-state index is 0.152. The molecule has 0 aliphatic rings. The van der Waals surface area contributed by atoms with E-state index in [0.717, 1.165) is 48.9 Å². The number of thioether (sulfide) groups is 1. The summed E-state index contributed by atoms with van der Waals surface area (Å²) in [6, 6.07) is 11.1. The van der Waals surface area contributed by atoms with Crippen LogP contribution < -0.4 is 20.4 Å². The number of aromatic nitrogens is 5. The van der Waals surface area contributed by atoms with Crippen molar-refractivity contribution < 1.29 is 22.6 Å². The Bertz CT molecular complexity index is 2310. The van der Waals surface area contributed by atoms with Crippen molar-refractivity contribution in [3.05, 3.63) is 52.3 Å². The lowest BCUT2D eigenvalue weighted by Gasteiger charge is -2.22. The average Bonchev–Trinajstić information content (AvgIpc) is 3.82. The first kappa shape index (κ1) is 40.9. The largest absolute Gasteiger partial charge is 0.372 e. The number of nitrogens with one attached hydrogen (secondary N) is 2. The molecule has 2 aromatic carbocycles. The average molecular weight is 824 g/mol. The zero-order valence-corrected chi connectivity index (χ0v) is 33.6. The number of thiazole rings is 2. The van der Waals surface area contributed by atoms with Gasteiger partial charge < -0.3 is 20.4 Å². The lowest BCUT2D eigenvalue weighted by atomic mass is 10.2. The molecule has 0 amide bonds. The van der Waals surface area contributed by atoms with Crippen molar-refractivity contribution in [1.29, 1.82) is 0 Å². The normalized spacial score (nSPS) is 11.7. The fourth-order valence-electron chi connectivity index (χ4n) is 5.08. The van der Waals surface area contributed by atoms with Crippen molar-refractivity contribution in [2.45, 2.75) is 44.8 Å². The summed E-state index contributed by atoms with van der Waals surface area (Å²) in [4.78, 5) is 49.0. The van der Waals surface area contributed by atoms with Crippen LogP contribution in [-0.4, -0.2) is 82.4 Å². The topological polar surface area (TPSA) is 233 Å². The smallest absolute Gasteiger partial charge is 0.313 e. The highest BCUT2D eigenvalue weighted by atomic mass is 32.2. The molecule has 288 valence electrons. The van der Waals surface area contributed by atoms with E-state index in [9.17, 15) is 22.6 Å². The Kier molecular flexibility index (Phi) is 14.0. The van der Waals surface area contributed by atoms with Gasteiger partial charge in [0.1, 0.15) is 16.3 Å². The molecule has 0 radical (unpaired) electrons.